The summed E-state index contributed by atoms with van der Waals surface area (Å²) in [5, 5.41) is 3.46. The van der Waals surface area contributed by atoms with Gasteiger partial charge in [0.05, 0.1) is 12.9 Å². The SMILES string of the molecule is C=COCCCNC1CCCN(C(=O)OC(C)(C)C)C1. The van der Waals surface area contributed by atoms with E-state index in [2.05, 4.69) is 11.9 Å². The van der Waals surface area contributed by atoms with Gasteiger partial charge in [0.15, 0.2) is 0 Å². The molecule has 0 aromatic carbocycles. The summed E-state index contributed by atoms with van der Waals surface area (Å²) >= 11 is 0. The first-order valence-corrected chi connectivity index (χ1v) is 7.36. The van der Waals surface area contributed by atoms with Crippen molar-refractivity contribution < 1.29 is 14.3 Å². The van der Waals surface area contributed by atoms with Gasteiger partial charge in [0, 0.05) is 19.1 Å². The van der Waals surface area contributed by atoms with Crippen LogP contribution in [0.1, 0.15) is 40.0 Å². The van der Waals surface area contributed by atoms with Crippen molar-refractivity contribution >= 4 is 6.09 Å². The Morgan fingerprint density at radius 1 is 1.50 bits per heavy atom. The number of hydrogen-bond acceptors (Lipinski definition) is 4. The van der Waals surface area contributed by atoms with E-state index in [4.69, 9.17) is 9.47 Å². The third kappa shape index (κ3) is 6.80. The molecule has 1 heterocycles. The monoisotopic (exact) mass is 284 g/mol. The largest absolute Gasteiger partial charge is 0.502 e. The van der Waals surface area contributed by atoms with Crippen molar-refractivity contribution in [2.24, 2.45) is 0 Å². The van der Waals surface area contributed by atoms with Crippen molar-refractivity contribution in [3.8, 4) is 0 Å². The van der Waals surface area contributed by atoms with Crippen LogP contribution in [-0.4, -0.2) is 48.9 Å². The molecule has 1 atom stereocenters. The third-order valence-corrected chi connectivity index (χ3v) is 3.06. The van der Waals surface area contributed by atoms with Crippen molar-refractivity contribution in [1.82, 2.24) is 10.2 Å². The Kier molecular flexibility index (Phi) is 6.85. The zero-order chi connectivity index (χ0) is 15.0. The van der Waals surface area contributed by atoms with E-state index in [1.165, 1.54) is 6.26 Å². The van der Waals surface area contributed by atoms with Crippen LogP contribution >= 0.6 is 0 Å². The third-order valence-electron chi connectivity index (χ3n) is 3.06. The van der Waals surface area contributed by atoms with Gasteiger partial charge in [0.2, 0.25) is 0 Å². The van der Waals surface area contributed by atoms with Gasteiger partial charge in [-0.25, -0.2) is 4.79 Å². The fourth-order valence-electron chi connectivity index (χ4n) is 2.18. The Morgan fingerprint density at radius 2 is 2.25 bits per heavy atom. The second-order valence-electron chi connectivity index (χ2n) is 6.11. The maximum Gasteiger partial charge on any atom is 0.410 e. The molecule has 1 rings (SSSR count). The van der Waals surface area contributed by atoms with Gasteiger partial charge in [0.1, 0.15) is 5.60 Å². The minimum absolute atomic E-state index is 0.209. The lowest BCUT2D eigenvalue weighted by molar-refractivity contribution is 0.0187. The van der Waals surface area contributed by atoms with Crippen LogP contribution in [0.4, 0.5) is 4.79 Å². The number of rotatable bonds is 6. The molecular weight excluding hydrogens is 256 g/mol. The van der Waals surface area contributed by atoms with Gasteiger partial charge >= 0.3 is 6.09 Å². The number of nitrogens with one attached hydrogen (secondary N) is 1. The molecule has 1 fully saturated rings. The molecule has 1 N–H and O–H groups in total. The average molecular weight is 284 g/mol. The number of ether oxygens (including phenoxy) is 2. The van der Waals surface area contributed by atoms with E-state index < -0.39 is 5.60 Å². The molecule has 0 spiro atoms. The predicted octanol–water partition coefficient (Wildman–Crippen LogP) is 2.53. The predicted molar refractivity (Wildman–Crippen MR) is 79.6 cm³/mol. The standard InChI is InChI=1S/C15H28N2O3/c1-5-19-11-7-9-16-13-8-6-10-17(12-13)14(18)20-15(2,3)4/h5,13,16H,1,6-12H2,2-4H3. The summed E-state index contributed by atoms with van der Waals surface area (Å²) in [5.41, 5.74) is -0.431. The molecule has 5 heteroatoms. The molecule has 0 radical (unpaired) electrons. The number of piperidine rings is 1. The van der Waals surface area contributed by atoms with Crippen LogP contribution in [0.15, 0.2) is 12.8 Å². The fourth-order valence-corrected chi connectivity index (χ4v) is 2.18. The summed E-state index contributed by atoms with van der Waals surface area (Å²) in [7, 11) is 0. The molecule has 1 aliphatic rings. The van der Waals surface area contributed by atoms with E-state index in [0.717, 1.165) is 38.9 Å². The van der Waals surface area contributed by atoms with Gasteiger partial charge in [-0.05, 0) is 46.6 Å². The lowest BCUT2D eigenvalue weighted by atomic mass is 10.1. The number of carbonyl (C=O) groups excluding carboxylic acids is 1. The molecule has 1 unspecified atom stereocenters. The molecule has 1 aliphatic heterocycles. The van der Waals surface area contributed by atoms with Crippen LogP contribution in [-0.2, 0) is 9.47 Å². The van der Waals surface area contributed by atoms with Crippen LogP contribution in [0.5, 0.6) is 0 Å². The maximum atomic E-state index is 12.0. The molecule has 0 aromatic rings. The molecule has 0 aromatic heterocycles. The zero-order valence-corrected chi connectivity index (χ0v) is 13.0. The van der Waals surface area contributed by atoms with E-state index >= 15 is 0 Å². The van der Waals surface area contributed by atoms with Gasteiger partial charge in [-0.3, -0.25) is 0 Å². The first kappa shape index (κ1) is 16.8. The van der Waals surface area contributed by atoms with Gasteiger partial charge in [0.25, 0.3) is 0 Å². The van der Waals surface area contributed by atoms with E-state index in [0.29, 0.717) is 12.6 Å². The maximum absolute atomic E-state index is 12.0. The van der Waals surface area contributed by atoms with Crippen molar-refractivity contribution in [1.29, 1.82) is 0 Å². The summed E-state index contributed by atoms with van der Waals surface area (Å²) < 4.78 is 10.5. The molecule has 5 nitrogen and oxygen atoms in total. The molecule has 116 valence electrons. The van der Waals surface area contributed by atoms with Crippen LogP contribution in [0.25, 0.3) is 0 Å². The van der Waals surface area contributed by atoms with Crippen LogP contribution in [0.3, 0.4) is 0 Å². The van der Waals surface area contributed by atoms with Gasteiger partial charge in [-0.2, -0.15) is 0 Å². The molecule has 1 saturated heterocycles. The van der Waals surface area contributed by atoms with Gasteiger partial charge in [-0.1, -0.05) is 6.58 Å². The normalized spacial score (nSPS) is 19.6. The summed E-state index contributed by atoms with van der Waals surface area (Å²) in [6, 6.07) is 0.347. The highest BCUT2D eigenvalue weighted by molar-refractivity contribution is 5.68. The smallest absolute Gasteiger partial charge is 0.410 e. The Hall–Kier alpha value is -1.23. The summed E-state index contributed by atoms with van der Waals surface area (Å²) in [4.78, 5) is 13.8. The van der Waals surface area contributed by atoms with Gasteiger partial charge < -0.3 is 19.7 Å². The first-order chi connectivity index (χ1) is 9.42. The second-order valence-corrected chi connectivity index (χ2v) is 6.11. The summed E-state index contributed by atoms with van der Waals surface area (Å²) in [6.07, 6.45) is 4.31. The van der Waals surface area contributed by atoms with E-state index in [1.54, 1.807) is 4.90 Å². The van der Waals surface area contributed by atoms with E-state index in [-0.39, 0.29) is 6.09 Å². The number of nitrogens with zero attached hydrogens (tertiary/aromatic N) is 1. The highest BCUT2D eigenvalue weighted by atomic mass is 16.6. The van der Waals surface area contributed by atoms with E-state index in [9.17, 15) is 4.79 Å². The molecule has 0 aliphatic carbocycles. The first-order valence-electron chi connectivity index (χ1n) is 7.36. The van der Waals surface area contributed by atoms with E-state index in [1.807, 2.05) is 20.8 Å². The summed E-state index contributed by atoms with van der Waals surface area (Å²) in [6.45, 7) is 12.3. The fraction of sp³-hybridized carbons (Fsp3) is 0.800. The number of amides is 1. The Balaban J connectivity index is 2.27. The minimum Gasteiger partial charge on any atom is -0.502 e. The van der Waals surface area contributed by atoms with Crippen LogP contribution in [0.2, 0.25) is 0 Å². The lowest BCUT2D eigenvalue weighted by Gasteiger charge is -2.34. The van der Waals surface area contributed by atoms with Crippen LogP contribution < -0.4 is 5.32 Å². The Bertz CT molecular complexity index is 313. The van der Waals surface area contributed by atoms with Crippen LogP contribution in [0, 0.1) is 0 Å². The quantitative estimate of drug-likeness (QED) is 0.601. The molecule has 20 heavy (non-hydrogen) atoms. The number of carbonyl (C=O) groups is 1. The topological polar surface area (TPSA) is 50.8 Å². The highest BCUT2D eigenvalue weighted by Crippen LogP contribution is 2.15. The average Bonchev–Trinajstić information content (AvgIpc) is 2.37. The van der Waals surface area contributed by atoms with Crippen molar-refractivity contribution in [2.75, 3.05) is 26.2 Å². The number of hydrogen-bond donors (Lipinski definition) is 1. The summed E-state index contributed by atoms with van der Waals surface area (Å²) in [5.74, 6) is 0. The highest BCUT2D eigenvalue weighted by Gasteiger charge is 2.27. The zero-order valence-electron chi connectivity index (χ0n) is 13.0. The molecular formula is C15H28N2O3. The van der Waals surface area contributed by atoms with Crippen molar-refractivity contribution in [2.45, 2.75) is 51.7 Å². The Morgan fingerprint density at radius 3 is 2.90 bits per heavy atom. The second kappa shape index (κ2) is 8.15. The Labute approximate surface area is 122 Å². The molecule has 0 bridgehead atoms. The van der Waals surface area contributed by atoms with Crippen molar-refractivity contribution in [3.05, 3.63) is 12.8 Å². The lowest BCUT2D eigenvalue weighted by Crippen LogP contribution is -2.49. The molecule has 1 amide bonds. The van der Waals surface area contributed by atoms with Crippen molar-refractivity contribution in [3.63, 3.8) is 0 Å². The molecule has 0 saturated carbocycles. The number of likely N-dealkylation sites (tertiary alicyclic amines) is 1. The minimum atomic E-state index is -0.431. The van der Waals surface area contributed by atoms with Gasteiger partial charge in [-0.15, -0.1) is 0 Å².